The monoisotopic (exact) mass is 420 g/mol. The fourth-order valence-electron chi connectivity index (χ4n) is 2.52. The quantitative estimate of drug-likeness (QED) is 0.421. The smallest absolute Gasteiger partial charge is 0.238 e. The van der Waals surface area contributed by atoms with Crippen molar-refractivity contribution in [2.24, 2.45) is 10.1 Å². The second-order valence-corrected chi connectivity index (χ2v) is 7.94. The zero-order valence-corrected chi connectivity index (χ0v) is 17.7. The highest BCUT2D eigenvalue weighted by Crippen LogP contribution is 2.19. The number of hydrogen-bond donors (Lipinski definition) is 3. The first-order valence-electron chi connectivity index (χ1n) is 9.26. The van der Waals surface area contributed by atoms with Gasteiger partial charge in [0.05, 0.1) is 25.1 Å². The molecular weight excluding hydrogens is 392 g/mol. The summed E-state index contributed by atoms with van der Waals surface area (Å²) in [4.78, 5) is 4.57. The number of hydrogen-bond acceptors (Lipinski definition) is 5. The molecule has 0 saturated heterocycles. The van der Waals surface area contributed by atoms with E-state index in [0.29, 0.717) is 25.6 Å². The molecule has 9 heteroatoms. The number of sulfonamides is 1. The molecule has 0 aromatic heterocycles. The molecule has 0 aliphatic heterocycles. The molecule has 8 nitrogen and oxygen atoms in total. The molecule has 0 fully saturated rings. The standard InChI is InChI=1S/C20H28N4O4S/c1-4-22-20(24-14-16-7-5-10-19(11-16)29(21,25)26)23-13-15(2)28-18-9-6-8-17(12-18)27-3/h5-12,15H,4,13-14H2,1-3H3,(H2,21,25,26)(H2,22,23,24). The summed E-state index contributed by atoms with van der Waals surface area (Å²) >= 11 is 0. The normalized spacial score (nSPS) is 12.9. The van der Waals surface area contributed by atoms with Crippen LogP contribution in [-0.4, -0.2) is 40.7 Å². The Morgan fingerprint density at radius 1 is 1.14 bits per heavy atom. The van der Waals surface area contributed by atoms with Crippen molar-refractivity contribution in [1.29, 1.82) is 0 Å². The molecule has 4 N–H and O–H groups in total. The summed E-state index contributed by atoms with van der Waals surface area (Å²) in [6.45, 7) is 5.44. The third kappa shape index (κ3) is 7.63. The number of guanidine groups is 1. The maximum absolute atomic E-state index is 11.5. The number of nitrogens with two attached hydrogens (primary N) is 1. The molecule has 0 amide bonds. The highest BCUT2D eigenvalue weighted by molar-refractivity contribution is 7.89. The van der Waals surface area contributed by atoms with Gasteiger partial charge >= 0.3 is 0 Å². The lowest BCUT2D eigenvalue weighted by molar-refractivity contribution is 0.223. The van der Waals surface area contributed by atoms with E-state index in [9.17, 15) is 8.42 Å². The molecule has 0 radical (unpaired) electrons. The van der Waals surface area contributed by atoms with E-state index in [0.717, 1.165) is 17.1 Å². The Hall–Kier alpha value is -2.78. The summed E-state index contributed by atoms with van der Waals surface area (Å²) in [5.41, 5.74) is 0.745. The largest absolute Gasteiger partial charge is 0.497 e. The van der Waals surface area contributed by atoms with Gasteiger partial charge in [-0.25, -0.2) is 18.5 Å². The van der Waals surface area contributed by atoms with Crippen LogP contribution in [0, 0.1) is 0 Å². The Balaban J connectivity index is 1.96. The van der Waals surface area contributed by atoms with Gasteiger partial charge < -0.3 is 20.1 Å². The Kier molecular flexibility index (Phi) is 8.29. The first-order valence-corrected chi connectivity index (χ1v) is 10.8. The van der Waals surface area contributed by atoms with Gasteiger partial charge in [-0.05, 0) is 43.7 Å². The average Bonchev–Trinajstić information content (AvgIpc) is 2.70. The van der Waals surface area contributed by atoms with Crippen LogP contribution in [0.15, 0.2) is 58.4 Å². The van der Waals surface area contributed by atoms with Gasteiger partial charge in [-0.3, -0.25) is 0 Å². The van der Waals surface area contributed by atoms with Crippen molar-refractivity contribution in [1.82, 2.24) is 10.6 Å². The van der Waals surface area contributed by atoms with Crippen molar-refractivity contribution in [3.05, 3.63) is 54.1 Å². The van der Waals surface area contributed by atoms with E-state index in [1.807, 2.05) is 38.1 Å². The number of ether oxygens (including phenoxy) is 2. The highest BCUT2D eigenvalue weighted by atomic mass is 32.2. The molecule has 158 valence electrons. The second kappa shape index (κ2) is 10.7. The highest BCUT2D eigenvalue weighted by Gasteiger charge is 2.09. The zero-order chi connectivity index (χ0) is 21.3. The predicted octanol–water partition coefficient (Wildman–Crippen LogP) is 1.87. The van der Waals surface area contributed by atoms with E-state index >= 15 is 0 Å². The Bertz CT molecular complexity index is 932. The van der Waals surface area contributed by atoms with Crippen LogP contribution in [0.5, 0.6) is 11.5 Å². The van der Waals surface area contributed by atoms with Gasteiger partial charge in [0.25, 0.3) is 0 Å². The number of aliphatic imine (C=N–C) groups is 1. The van der Waals surface area contributed by atoms with E-state index in [4.69, 9.17) is 14.6 Å². The fraction of sp³-hybridized carbons (Fsp3) is 0.350. The molecular formula is C20H28N4O4S. The molecule has 0 saturated carbocycles. The topological polar surface area (TPSA) is 115 Å². The number of benzene rings is 2. The van der Waals surface area contributed by atoms with Crippen LogP contribution >= 0.6 is 0 Å². The summed E-state index contributed by atoms with van der Waals surface area (Å²) in [5.74, 6) is 2.06. The maximum Gasteiger partial charge on any atom is 0.238 e. The van der Waals surface area contributed by atoms with Crippen LogP contribution in [-0.2, 0) is 16.6 Å². The minimum absolute atomic E-state index is 0.0727. The fourth-order valence-corrected chi connectivity index (χ4v) is 3.11. The lowest BCUT2D eigenvalue weighted by atomic mass is 10.2. The van der Waals surface area contributed by atoms with Crippen LogP contribution in [0.1, 0.15) is 19.4 Å². The summed E-state index contributed by atoms with van der Waals surface area (Å²) in [6.07, 6.45) is -0.114. The number of primary sulfonamides is 1. The third-order valence-corrected chi connectivity index (χ3v) is 4.84. The van der Waals surface area contributed by atoms with Crippen molar-refractivity contribution in [2.75, 3.05) is 20.2 Å². The molecule has 0 spiro atoms. The zero-order valence-electron chi connectivity index (χ0n) is 16.9. The summed E-state index contributed by atoms with van der Waals surface area (Å²) in [5, 5.41) is 11.6. The Labute approximate surface area is 172 Å². The van der Waals surface area contributed by atoms with Crippen molar-refractivity contribution in [3.63, 3.8) is 0 Å². The van der Waals surface area contributed by atoms with Crippen LogP contribution < -0.4 is 25.2 Å². The van der Waals surface area contributed by atoms with Crippen molar-refractivity contribution in [3.8, 4) is 11.5 Å². The molecule has 2 rings (SSSR count). The molecule has 29 heavy (non-hydrogen) atoms. The molecule has 0 heterocycles. The van der Waals surface area contributed by atoms with Crippen LogP contribution in [0.4, 0.5) is 0 Å². The van der Waals surface area contributed by atoms with E-state index in [-0.39, 0.29) is 11.0 Å². The lowest BCUT2D eigenvalue weighted by Gasteiger charge is -2.18. The summed E-state index contributed by atoms with van der Waals surface area (Å²) in [6, 6.07) is 13.9. The van der Waals surface area contributed by atoms with E-state index < -0.39 is 10.0 Å². The average molecular weight is 421 g/mol. The molecule has 1 atom stereocenters. The number of methoxy groups -OCH3 is 1. The van der Waals surface area contributed by atoms with Crippen molar-refractivity contribution in [2.45, 2.75) is 31.4 Å². The first-order chi connectivity index (χ1) is 13.8. The minimum atomic E-state index is -3.74. The van der Waals surface area contributed by atoms with E-state index in [1.54, 1.807) is 19.2 Å². The molecule has 2 aromatic carbocycles. The van der Waals surface area contributed by atoms with Crippen LogP contribution in [0.3, 0.4) is 0 Å². The van der Waals surface area contributed by atoms with Crippen LogP contribution in [0.25, 0.3) is 0 Å². The summed E-state index contributed by atoms with van der Waals surface area (Å²) in [7, 11) is -2.12. The van der Waals surface area contributed by atoms with Gasteiger partial charge in [-0.2, -0.15) is 0 Å². The molecule has 0 aliphatic rings. The summed E-state index contributed by atoms with van der Waals surface area (Å²) < 4.78 is 34.1. The van der Waals surface area contributed by atoms with E-state index in [2.05, 4.69) is 15.6 Å². The van der Waals surface area contributed by atoms with Crippen molar-refractivity contribution >= 4 is 16.0 Å². The van der Waals surface area contributed by atoms with Gasteiger partial charge in [0.1, 0.15) is 17.6 Å². The molecule has 0 bridgehead atoms. The SMILES string of the molecule is CCNC(=NCc1cccc(S(N)(=O)=O)c1)NCC(C)Oc1cccc(OC)c1. The third-order valence-electron chi connectivity index (χ3n) is 3.93. The molecule has 1 unspecified atom stereocenters. The van der Waals surface area contributed by atoms with Gasteiger partial charge in [0.15, 0.2) is 5.96 Å². The van der Waals surface area contributed by atoms with E-state index in [1.165, 1.54) is 12.1 Å². The first kappa shape index (κ1) is 22.5. The number of nitrogens with one attached hydrogen (secondary N) is 2. The van der Waals surface area contributed by atoms with Crippen LogP contribution in [0.2, 0.25) is 0 Å². The number of nitrogens with zero attached hydrogens (tertiary/aromatic N) is 1. The second-order valence-electron chi connectivity index (χ2n) is 6.38. The molecule has 2 aromatic rings. The lowest BCUT2D eigenvalue weighted by Crippen LogP contribution is -2.41. The van der Waals surface area contributed by atoms with Gasteiger partial charge in [-0.1, -0.05) is 18.2 Å². The van der Waals surface area contributed by atoms with Gasteiger partial charge in [0.2, 0.25) is 10.0 Å². The van der Waals surface area contributed by atoms with Gasteiger partial charge in [0, 0.05) is 12.6 Å². The maximum atomic E-state index is 11.5. The minimum Gasteiger partial charge on any atom is -0.497 e. The predicted molar refractivity (Wildman–Crippen MR) is 114 cm³/mol. The number of rotatable bonds is 9. The Morgan fingerprint density at radius 3 is 2.55 bits per heavy atom. The van der Waals surface area contributed by atoms with Gasteiger partial charge in [-0.15, -0.1) is 0 Å². The molecule has 0 aliphatic carbocycles. The van der Waals surface area contributed by atoms with Crippen molar-refractivity contribution < 1.29 is 17.9 Å². The Morgan fingerprint density at radius 2 is 1.86 bits per heavy atom.